The van der Waals surface area contributed by atoms with Crippen molar-refractivity contribution in [3.63, 3.8) is 0 Å². The van der Waals surface area contributed by atoms with Gasteiger partial charge in [-0.1, -0.05) is 46.3 Å². The molecular formula is C19H15BrN2O3. The minimum absolute atomic E-state index is 0.0998. The van der Waals surface area contributed by atoms with Gasteiger partial charge in [0.1, 0.15) is 11.5 Å². The van der Waals surface area contributed by atoms with Gasteiger partial charge in [0.2, 0.25) is 0 Å². The van der Waals surface area contributed by atoms with E-state index in [1.165, 1.54) is 6.21 Å². The smallest absolute Gasteiger partial charge is 0.277 e. The van der Waals surface area contributed by atoms with Gasteiger partial charge >= 0.3 is 0 Å². The van der Waals surface area contributed by atoms with Crippen LogP contribution in [0.2, 0.25) is 0 Å². The molecule has 3 aromatic carbocycles. The molecular weight excluding hydrogens is 384 g/mol. The van der Waals surface area contributed by atoms with E-state index in [4.69, 9.17) is 4.74 Å². The quantitative estimate of drug-likeness (QED) is 0.506. The zero-order valence-electron chi connectivity index (χ0n) is 13.1. The van der Waals surface area contributed by atoms with Gasteiger partial charge in [0.05, 0.1) is 6.21 Å². The fourth-order valence-corrected chi connectivity index (χ4v) is 2.56. The molecule has 5 nitrogen and oxygen atoms in total. The number of hydrazone groups is 1. The van der Waals surface area contributed by atoms with Gasteiger partial charge in [0.25, 0.3) is 5.91 Å². The van der Waals surface area contributed by atoms with Crippen LogP contribution in [-0.2, 0) is 4.79 Å². The maximum Gasteiger partial charge on any atom is 0.277 e. The van der Waals surface area contributed by atoms with Crippen molar-refractivity contribution in [3.8, 4) is 11.5 Å². The van der Waals surface area contributed by atoms with E-state index in [9.17, 15) is 9.90 Å². The molecule has 0 atom stereocenters. The molecule has 0 aromatic heterocycles. The van der Waals surface area contributed by atoms with Crippen LogP contribution in [0.5, 0.6) is 11.5 Å². The highest BCUT2D eigenvalue weighted by atomic mass is 79.9. The lowest BCUT2D eigenvalue weighted by Crippen LogP contribution is -2.24. The Hall–Kier alpha value is -2.86. The molecule has 0 saturated carbocycles. The predicted molar refractivity (Wildman–Crippen MR) is 101 cm³/mol. The van der Waals surface area contributed by atoms with Gasteiger partial charge in [0, 0.05) is 10.0 Å². The molecule has 0 fully saturated rings. The number of phenols is 1. The summed E-state index contributed by atoms with van der Waals surface area (Å²) in [5.74, 6) is 0.302. The second-order valence-electron chi connectivity index (χ2n) is 5.26. The number of hydrogen-bond acceptors (Lipinski definition) is 4. The number of nitrogens with one attached hydrogen (secondary N) is 1. The first kappa shape index (κ1) is 17.0. The third kappa shape index (κ3) is 4.36. The van der Waals surface area contributed by atoms with Crippen LogP contribution in [0.3, 0.4) is 0 Å². The summed E-state index contributed by atoms with van der Waals surface area (Å²) < 4.78 is 6.30. The van der Waals surface area contributed by atoms with Crippen molar-refractivity contribution >= 4 is 38.8 Å². The highest BCUT2D eigenvalue weighted by molar-refractivity contribution is 9.10. The Morgan fingerprint density at radius 3 is 2.68 bits per heavy atom. The lowest BCUT2D eigenvalue weighted by Gasteiger charge is -2.06. The molecule has 0 aliphatic carbocycles. The van der Waals surface area contributed by atoms with E-state index in [2.05, 4.69) is 26.5 Å². The van der Waals surface area contributed by atoms with Crippen molar-refractivity contribution < 1.29 is 14.6 Å². The number of halogens is 1. The maximum atomic E-state index is 11.8. The van der Waals surface area contributed by atoms with Gasteiger partial charge < -0.3 is 9.84 Å². The molecule has 25 heavy (non-hydrogen) atoms. The third-order valence-electron chi connectivity index (χ3n) is 3.51. The molecule has 0 bridgehead atoms. The van der Waals surface area contributed by atoms with Crippen molar-refractivity contribution in [2.24, 2.45) is 5.10 Å². The van der Waals surface area contributed by atoms with Crippen LogP contribution in [0.1, 0.15) is 5.56 Å². The maximum absolute atomic E-state index is 11.8. The number of aromatic hydroxyl groups is 1. The number of nitrogens with zero attached hydrogens (tertiary/aromatic N) is 1. The SMILES string of the molecule is O=C(COc1ccc(Br)cc1)N/N=C\c1c(O)ccc2ccccc12. The number of hydrogen-bond donors (Lipinski definition) is 2. The molecule has 126 valence electrons. The molecule has 2 N–H and O–H groups in total. The molecule has 0 spiro atoms. The molecule has 0 aliphatic rings. The molecule has 1 amide bonds. The van der Waals surface area contributed by atoms with Crippen LogP contribution >= 0.6 is 15.9 Å². The third-order valence-corrected chi connectivity index (χ3v) is 4.04. The van der Waals surface area contributed by atoms with Crippen LogP contribution in [0.15, 0.2) is 70.2 Å². The Morgan fingerprint density at radius 2 is 1.88 bits per heavy atom. The Bertz CT molecular complexity index is 924. The van der Waals surface area contributed by atoms with Crippen molar-refractivity contribution in [1.82, 2.24) is 5.43 Å². The number of carbonyl (C=O) groups is 1. The number of rotatable bonds is 5. The van der Waals surface area contributed by atoms with Gasteiger partial charge in [-0.05, 0) is 41.1 Å². The van der Waals surface area contributed by atoms with Crippen molar-refractivity contribution in [2.45, 2.75) is 0 Å². The minimum Gasteiger partial charge on any atom is -0.507 e. The average molecular weight is 399 g/mol. The van der Waals surface area contributed by atoms with Gasteiger partial charge in [-0.2, -0.15) is 5.10 Å². The fraction of sp³-hybridized carbons (Fsp3) is 0.0526. The van der Waals surface area contributed by atoms with E-state index in [1.807, 2.05) is 42.5 Å². The Labute approximate surface area is 153 Å². The number of phenolic OH excluding ortho intramolecular Hbond substituents is 1. The molecule has 0 aliphatic heterocycles. The van der Waals surface area contributed by atoms with Gasteiger partial charge in [-0.15, -0.1) is 0 Å². The number of amides is 1. The second kappa shape index (κ2) is 7.81. The van der Waals surface area contributed by atoms with Crippen molar-refractivity contribution in [3.05, 3.63) is 70.7 Å². The Morgan fingerprint density at radius 1 is 1.12 bits per heavy atom. The topological polar surface area (TPSA) is 70.9 Å². The average Bonchev–Trinajstić information content (AvgIpc) is 2.63. The summed E-state index contributed by atoms with van der Waals surface area (Å²) in [4.78, 5) is 11.8. The zero-order valence-corrected chi connectivity index (χ0v) is 14.7. The first-order valence-corrected chi connectivity index (χ1v) is 8.34. The number of ether oxygens (including phenoxy) is 1. The second-order valence-corrected chi connectivity index (χ2v) is 6.17. The first-order chi connectivity index (χ1) is 12.1. The van der Waals surface area contributed by atoms with Crippen LogP contribution in [0.4, 0.5) is 0 Å². The summed E-state index contributed by atoms with van der Waals surface area (Å²) in [6.07, 6.45) is 1.43. The summed E-state index contributed by atoms with van der Waals surface area (Å²) in [5, 5.41) is 15.8. The summed E-state index contributed by atoms with van der Waals surface area (Å²) >= 11 is 3.33. The Balaban J connectivity index is 1.62. The summed E-state index contributed by atoms with van der Waals surface area (Å²) in [6.45, 7) is -0.152. The number of fused-ring (bicyclic) bond motifs is 1. The lowest BCUT2D eigenvalue weighted by molar-refractivity contribution is -0.123. The lowest BCUT2D eigenvalue weighted by atomic mass is 10.0. The molecule has 0 saturated heterocycles. The van der Waals surface area contributed by atoms with Gasteiger partial charge in [0.15, 0.2) is 6.61 Å². The van der Waals surface area contributed by atoms with Gasteiger partial charge in [-0.25, -0.2) is 5.43 Å². The van der Waals surface area contributed by atoms with E-state index >= 15 is 0 Å². The zero-order chi connectivity index (χ0) is 17.6. The predicted octanol–water partition coefficient (Wildman–Crippen LogP) is 3.84. The molecule has 0 heterocycles. The van der Waals surface area contributed by atoms with E-state index in [-0.39, 0.29) is 18.3 Å². The highest BCUT2D eigenvalue weighted by Crippen LogP contribution is 2.25. The normalized spacial score (nSPS) is 10.9. The van der Waals surface area contributed by atoms with E-state index < -0.39 is 0 Å². The van der Waals surface area contributed by atoms with E-state index in [0.717, 1.165) is 15.2 Å². The summed E-state index contributed by atoms with van der Waals surface area (Å²) in [5.41, 5.74) is 2.94. The van der Waals surface area contributed by atoms with Crippen molar-refractivity contribution in [1.29, 1.82) is 0 Å². The standard InChI is InChI=1S/C19H15BrN2O3/c20-14-6-8-15(9-7-14)25-12-19(24)22-21-11-17-16-4-2-1-3-13(16)5-10-18(17)23/h1-11,23H,12H2,(H,22,24)/b21-11-. The van der Waals surface area contributed by atoms with Crippen LogP contribution < -0.4 is 10.2 Å². The fourth-order valence-electron chi connectivity index (χ4n) is 2.30. The van der Waals surface area contributed by atoms with Gasteiger partial charge in [-0.3, -0.25) is 4.79 Å². The molecule has 6 heteroatoms. The minimum atomic E-state index is -0.390. The largest absolute Gasteiger partial charge is 0.507 e. The van der Waals surface area contributed by atoms with Crippen LogP contribution in [0, 0.1) is 0 Å². The molecule has 0 radical (unpaired) electrons. The number of benzene rings is 3. The first-order valence-electron chi connectivity index (χ1n) is 7.54. The molecule has 0 unspecified atom stereocenters. The highest BCUT2D eigenvalue weighted by Gasteiger charge is 2.05. The van der Waals surface area contributed by atoms with Crippen LogP contribution in [0.25, 0.3) is 10.8 Å². The summed E-state index contributed by atoms with van der Waals surface area (Å²) in [6, 6.07) is 18.2. The summed E-state index contributed by atoms with van der Waals surface area (Å²) in [7, 11) is 0. The van der Waals surface area contributed by atoms with Crippen LogP contribution in [-0.4, -0.2) is 23.8 Å². The molecule has 3 rings (SSSR count). The monoisotopic (exact) mass is 398 g/mol. The Kier molecular flexibility index (Phi) is 5.30. The molecule has 3 aromatic rings. The van der Waals surface area contributed by atoms with E-state index in [0.29, 0.717) is 11.3 Å². The van der Waals surface area contributed by atoms with Crippen molar-refractivity contribution in [2.75, 3.05) is 6.61 Å². The van der Waals surface area contributed by atoms with E-state index in [1.54, 1.807) is 18.2 Å². The number of carbonyl (C=O) groups excluding carboxylic acids is 1.